The lowest BCUT2D eigenvalue weighted by Crippen LogP contribution is -2.43. The molecule has 0 unspecified atom stereocenters. The summed E-state index contributed by atoms with van der Waals surface area (Å²) in [6.07, 6.45) is 8.02. The number of hydrogen-bond donors (Lipinski definition) is 0. The summed E-state index contributed by atoms with van der Waals surface area (Å²) in [6.45, 7) is 6.41. The van der Waals surface area contributed by atoms with Gasteiger partial charge in [-0.2, -0.15) is 0 Å². The predicted octanol–water partition coefficient (Wildman–Crippen LogP) is 3.13. The van der Waals surface area contributed by atoms with Gasteiger partial charge in [0, 0.05) is 18.1 Å². The standard InChI is InChI=1S/C16H26N4OS/c1-11(2)19-10-17-18-16(19)22-9-15(21)20-12(3)8-13-6-4-5-7-14(13)20/h10-14H,4-9H2,1-3H3/t12-,13+,14+/m1/s1. The minimum Gasteiger partial charge on any atom is -0.336 e. The van der Waals surface area contributed by atoms with Gasteiger partial charge in [0.05, 0.1) is 5.75 Å². The van der Waals surface area contributed by atoms with E-state index in [0.717, 1.165) is 11.1 Å². The minimum absolute atomic E-state index is 0.269. The first kappa shape index (κ1) is 15.8. The fourth-order valence-corrected chi connectivity index (χ4v) is 4.94. The van der Waals surface area contributed by atoms with Gasteiger partial charge >= 0.3 is 0 Å². The van der Waals surface area contributed by atoms with Crippen LogP contribution in [0.3, 0.4) is 0 Å². The van der Waals surface area contributed by atoms with E-state index in [1.54, 1.807) is 6.33 Å². The zero-order valence-corrected chi connectivity index (χ0v) is 14.6. The summed E-state index contributed by atoms with van der Waals surface area (Å²) in [5, 5.41) is 8.95. The van der Waals surface area contributed by atoms with Gasteiger partial charge < -0.3 is 9.47 Å². The van der Waals surface area contributed by atoms with Gasteiger partial charge in [0.25, 0.3) is 0 Å². The van der Waals surface area contributed by atoms with E-state index in [2.05, 4.69) is 35.9 Å². The monoisotopic (exact) mass is 322 g/mol. The van der Waals surface area contributed by atoms with Crippen LogP contribution in [0.15, 0.2) is 11.5 Å². The highest BCUT2D eigenvalue weighted by Crippen LogP contribution is 2.39. The van der Waals surface area contributed by atoms with Crippen molar-refractivity contribution in [3.63, 3.8) is 0 Å². The maximum absolute atomic E-state index is 12.7. The average molecular weight is 322 g/mol. The van der Waals surface area contributed by atoms with Crippen LogP contribution in [-0.4, -0.2) is 43.4 Å². The Kier molecular flexibility index (Phi) is 4.76. The van der Waals surface area contributed by atoms with E-state index in [4.69, 9.17) is 0 Å². The van der Waals surface area contributed by atoms with E-state index in [1.807, 2.05) is 4.57 Å². The zero-order valence-electron chi connectivity index (χ0n) is 13.7. The number of nitrogens with zero attached hydrogens (tertiary/aromatic N) is 4. The molecule has 0 radical (unpaired) electrons. The molecule has 1 amide bonds. The van der Waals surface area contributed by atoms with Crippen LogP contribution in [0.1, 0.15) is 58.9 Å². The van der Waals surface area contributed by atoms with E-state index in [0.29, 0.717) is 23.9 Å². The normalized spacial score (nSPS) is 28.2. The van der Waals surface area contributed by atoms with Gasteiger partial charge in [0.1, 0.15) is 6.33 Å². The third-order valence-electron chi connectivity index (χ3n) is 5.05. The van der Waals surface area contributed by atoms with Crippen molar-refractivity contribution in [2.24, 2.45) is 5.92 Å². The van der Waals surface area contributed by atoms with Crippen molar-refractivity contribution >= 4 is 17.7 Å². The number of likely N-dealkylation sites (tertiary alicyclic amines) is 1. The summed E-state index contributed by atoms with van der Waals surface area (Å²) in [4.78, 5) is 14.9. The highest BCUT2D eigenvalue weighted by atomic mass is 32.2. The summed E-state index contributed by atoms with van der Waals surface area (Å²) in [6, 6.07) is 1.20. The van der Waals surface area contributed by atoms with Gasteiger partial charge in [-0.1, -0.05) is 24.6 Å². The molecule has 0 N–H and O–H groups in total. The maximum atomic E-state index is 12.7. The Morgan fingerprint density at radius 3 is 2.95 bits per heavy atom. The largest absolute Gasteiger partial charge is 0.336 e. The Morgan fingerprint density at radius 2 is 2.18 bits per heavy atom. The molecule has 1 aliphatic carbocycles. The summed E-state index contributed by atoms with van der Waals surface area (Å²) in [7, 11) is 0. The third kappa shape index (κ3) is 3.03. The molecule has 3 atom stereocenters. The number of aromatic nitrogens is 3. The van der Waals surface area contributed by atoms with Crippen LogP contribution in [-0.2, 0) is 4.79 Å². The summed E-state index contributed by atoms with van der Waals surface area (Å²) in [5.74, 6) is 1.47. The van der Waals surface area contributed by atoms with E-state index in [1.165, 1.54) is 43.9 Å². The molecule has 0 aromatic carbocycles. The van der Waals surface area contributed by atoms with E-state index < -0.39 is 0 Å². The lowest BCUT2D eigenvalue weighted by molar-refractivity contribution is -0.131. The van der Waals surface area contributed by atoms with Gasteiger partial charge in [-0.15, -0.1) is 10.2 Å². The van der Waals surface area contributed by atoms with Crippen LogP contribution in [0.2, 0.25) is 0 Å². The number of rotatable bonds is 4. The fourth-order valence-electron chi connectivity index (χ4n) is 4.03. The molecular weight excluding hydrogens is 296 g/mol. The van der Waals surface area contributed by atoms with Crippen molar-refractivity contribution in [1.29, 1.82) is 0 Å². The fraction of sp³-hybridized carbons (Fsp3) is 0.812. The molecule has 2 heterocycles. The van der Waals surface area contributed by atoms with Gasteiger partial charge in [-0.25, -0.2) is 0 Å². The summed E-state index contributed by atoms with van der Waals surface area (Å²) < 4.78 is 2.02. The van der Waals surface area contributed by atoms with Gasteiger partial charge in [-0.05, 0) is 46.0 Å². The molecule has 2 aliphatic rings. The number of carbonyl (C=O) groups excluding carboxylic acids is 1. The molecule has 22 heavy (non-hydrogen) atoms. The Balaban J connectivity index is 1.63. The molecule has 3 rings (SSSR count). The maximum Gasteiger partial charge on any atom is 0.233 e. The lowest BCUT2D eigenvalue weighted by Gasteiger charge is -2.33. The molecule has 1 aromatic rings. The third-order valence-corrected chi connectivity index (χ3v) is 6.00. The van der Waals surface area contributed by atoms with E-state index in [9.17, 15) is 4.79 Å². The van der Waals surface area contributed by atoms with Crippen molar-refractivity contribution < 1.29 is 4.79 Å². The van der Waals surface area contributed by atoms with Gasteiger partial charge in [-0.3, -0.25) is 4.79 Å². The van der Waals surface area contributed by atoms with Crippen LogP contribution in [0.4, 0.5) is 0 Å². The smallest absolute Gasteiger partial charge is 0.233 e. The van der Waals surface area contributed by atoms with Crippen LogP contribution >= 0.6 is 11.8 Å². The summed E-state index contributed by atoms with van der Waals surface area (Å²) >= 11 is 1.52. The second-order valence-electron chi connectivity index (χ2n) is 6.90. The van der Waals surface area contributed by atoms with E-state index in [-0.39, 0.29) is 5.91 Å². The van der Waals surface area contributed by atoms with Crippen LogP contribution in [0.5, 0.6) is 0 Å². The second-order valence-corrected chi connectivity index (χ2v) is 7.84. The van der Waals surface area contributed by atoms with Crippen molar-refractivity contribution in [2.45, 2.75) is 76.2 Å². The molecule has 1 aromatic heterocycles. The van der Waals surface area contributed by atoms with Gasteiger partial charge in [0.15, 0.2) is 5.16 Å². The predicted molar refractivity (Wildman–Crippen MR) is 87.8 cm³/mol. The van der Waals surface area contributed by atoms with Crippen LogP contribution < -0.4 is 0 Å². The molecule has 5 nitrogen and oxygen atoms in total. The van der Waals surface area contributed by atoms with Crippen molar-refractivity contribution in [3.05, 3.63) is 6.33 Å². The van der Waals surface area contributed by atoms with Crippen molar-refractivity contribution in [3.8, 4) is 0 Å². The number of amides is 1. The Labute approximate surface area is 136 Å². The average Bonchev–Trinajstić information content (AvgIpc) is 3.07. The highest BCUT2D eigenvalue weighted by Gasteiger charge is 2.42. The number of carbonyl (C=O) groups is 1. The first-order valence-electron chi connectivity index (χ1n) is 8.41. The first-order valence-corrected chi connectivity index (χ1v) is 9.40. The molecule has 1 aliphatic heterocycles. The molecular formula is C16H26N4OS. The van der Waals surface area contributed by atoms with Crippen molar-refractivity contribution in [1.82, 2.24) is 19.7 Å². The zero-order chi connectivity index (χ0) is 15.7. The molecule has 0 spiro atoms. The number of fused-ring (bicyclic) bond motifs is 1. The SMILES string of the molecule is CC(C)n1cnnc1SCC(=O)N1[C@H](C)C[C@@H]2CCCC[C@@H]21. The minimum atomic E-state index is 0.269. The van der Waals surface area contributed by atoms with Crippen molar-refractivity contribution in [2.75, 3.05) is 5.75 Å². The quantitative estimate of drug-likeness (QED) is 0.799. The first-order chi connectivity index (χ1) is 10.6. The Morgan fingerprint density at radius 1 is 1.41 bits per heavy atom. The molecule has 6 heteroatoms. The number of hydrogen-bond acceptors (Lipinski definition) is 4. The van der Waals surface area contributed by atoms with Gasteiger partial charge in [0.2, 0.25) is 5.91 Å². The van der Waals surface area contributed by atoms with Crippen LogP contribution in [0, 0.1) is 5.92 Å². The Hall–Kier alpha value is -1.04. The topological polar surface area (TPSA) is 51.0 Å². The Bertz CT molecular complexity index is 530. The van der Waals surface area contributed by atoms with E-state index >= 15 is 0 Å². The molecule has 1 saturated carbocycles. The second kappa shape index (κ2) is 6.60. The molecule has 122 valence electrons. The molecule has 1 saturated heterocycles. The molecule has 0 bridgehead atoms. The molecule has 2 fully saturated rings. The summed E-state index contributed by atoms with van der Waals surface area (Å²) in [5.41, 5.74) is 0. The van der Waals surface area contributed by atoms with Crippen LogP contribution in [0.25, 0.3) is 0 Å². The number of thioether (sulfide) groups is 1. The highest BCUT2D eigenvalue weighted by molar-refractivity contribution is 7.99. The lowest BCUT2D eigenvalue weighted by atomic mass is 9.85.